The van der Waals surface area contributed by atoms with Gasteiger partial charge in [0.1, 0.15) is 17.3 Å². The van der Waals surface area contributed by atoms with Gasteiger partial charge in [-0.2, -0.15) is 5.10 Å². The van der Waals surface area contributed by atoms with E-state index in [0.29, 0.717) is 22.2 Å². The van der Waals surface area contributed by atoms with Crippen molar-refractivity contribution < 1.29 is 9.50 Å². The predicted octanol–water partition coefficient (Wildman–Crippen LogP) is 3.07. The van der Waals surface area contributed by atoms with Crippen molar-refractivity contribution in [3.63, 3.8) is 0 Å². The van der Waals surface area contributed by atoms with Gasteiger partial charge < -0.3 is 5.11 Å². The first-order chi connectivity index (χ1) is 8.27. The molecule has 0 spiro atoms. The standard InChI is InChI=1S/C13H9FN2O/c14-9-5-2-1-4-8(9)13-12-10(15-16-13)6-3-7-11(12)17/h1-7,17H,(H,15,16). The molecule has 4 heteroatoms. The van der Waals surface area contributed by atoms with Crippen molar-refractivity contribution in [1.29, 1.82) is 0 Å². The Morgan fingerprint density at radius 2 is 1.88 bits per heavy atom. The molecule has 0 amide bonds. The minimum absolute atomic E-state index is 0.0921. The molecule has 84 valence electrons. The molecule has 1 heterocycles. The van der Waals surface area contributed by atoms with Crippen molar-refractivity contribution >= 4 is 10.9 Å². The van der Waals surface area contributed by atoms with Crippen molar-refractivity contribution in [3.8, 4) is 17.0 Å². The summed E-state index contributed by atoms with van der Waals surface area (Å²) in [5.74, 6) is -0.265. The van der Waals surface area contributed by atoms with Crippen LogP contribution in [0.3, 0.4) is 0 Å². The zero-order valence-corrected chi connectivity index (χ0v) is 8.81. The fraction of sp³-hybridized carbons (Fsp3) is 0. The number of aromatic nitrogens is 2. The topological polar surface area (TPSA) is 48.9 Å². The lowest BCUT2D eigenvalue weighted by Crippen LogP contribution is -1.84. The molecule has 3 aromatic rings. The molecule has 1 aromatic heterocycles. The lowest BCUT2D eigenvalue weighted by atomic mass is 10.1. The summed E-state index contributed by atoms with van der Waals surface area (Å²) < 4.78 is 13.7. The molecule has 0 aliphatic carbocycles. The van der Waals surface area contributed by atoms with Crippen LogP contribution in [-0.4, -0.2) is 15.3 Å². The normalized spacial score (nSPS) is 10.9. The van der Waals surface area contributed by atoms with Gasteiger partial charge >= 0.3 is 0 Å². The Labute approximate surface area is 96.5 Å². The van der Waals surface area contributed by atoms with Gasteiger partial charge in [-0.15, -0.1) is 0 Å². The Morgan fingerprint density at radius 1 is 1.06 bits per heavy atom. The second-order valence-electron chi connectivity index (χ2n) is 3.75. The number of halogens is 1. The Bertz CT molecular complexity index is 691. The van der Waals surface area contributed by atoms with Crippen LogP contribution < -0.4 is 0 Å². The van der Waals surface area contributed by atoms with Crippen LogP contribution in [0.1, 0.15) is 0 Å². The smallest absolute Gasteiger partial charge is 0.132 e. The number of aromatic hydroxyl groups is 1. The van der Waals surface area contributed by atoms with Crippen LogP contribution in [0.5, 0.6) is 5.75 Å². The number of phenols is 1. The third-order valence-electron chi connectivity index (χ3n) is 2.70. The summed E-state index contributed by atoms with van der Waals surface area (Å²) in [7, 11) is 0. The summed E-state index contributed by atoms with van der Waals surface area (Å²) in [6.45, 7) is 0. The number of hydrogen-bond donors (Lipinski definition) is 2. The van der Waals surface area contributed by atoms with E-state index in [9.17, 15) is 9.50 Å². The minimum Gasteiger partial charge on any atom is -0.507 e. The van der Waals surface area contributed by atoms with Crippen LogP contribution in [0.25, 0.3) is 22.2 Å². The maximum Gasteiger partial charge on any atom is 0.132 e. The van der Waals surface area contributed by atoms with Gasteiger partial charge in [-0.25, -0.2) is 4.39 Å². The summed E-state index contributed by atoms with van der Waals surface area (Å²) in [4.78, 5) is 0. The molecule has 17 heavy (non-hydrogen) atoms. The highest BCUT2D eigenvalue weighted by atomic mass is 19.1. The first kappa shape index (κ1) is 9.84. The molecule has 3 nitrogen and oxygen atoms in total. The molecule has 0 fully saturated rings. The highest BCUT2D eigenvalue weighted by Gasteiger charge is 2.14. The molecule has 2 N–H and O–H groups in total. The van der Waals surface area contributed by atoms with Crippen LogP contribution in [0.2, 0.25) is 0 Å². The molecule has 0 bridgehead atoms. The lowest BCUT2D eigenvalue weighted by molar-refractivity contribution is 0.482. The minimum atomic E-state index is -0.357. The molecule has 3 rings (SSSR count). The zero-order chi connectivity index (χ0) is 11.8. The maximum atomic E-state index is 13.7. The van der Waals surface area contributed by atoms with Crippen LogP contribution in [-0.2, 0) is 0 Å². The third kappa shape index (κ3) is 1.45. The van der Waals surface area contributed by atoms with Crippen LogP contribution in [0, 0.1) is 5.82 Å². The maximum absolute atomic E-state index is 13.7. The molecule has 0 aliphatic rings. The van der Waals surface area contributed by atoms with Crippen LogP contribution in [0.4, 0.5) is 4.39 Å². The monoisotopic (exact) mass is 228 g/mol. The van der Waals surface area contributed by atoms with E-state index >= 15 is 0 Å². The second-order valence-corrected chi connectivity index (χ2v) is 3.75. The Hall–Kier alpha value is -2.36. The summed E-state index contributed by atoms with van der Waals surface area (Å²) in [6, 6.07) is 11.4. The lowest BCUT2D eigenvalue weighted by Gasteiger charge is -2.00. The fourth-order valence-corrected chi connectivity index (χ4v) is 1.90. The summed E-state index contributed by atoms with van der Waals surface area (Å²) in [5, 5.41) is 17.2. The highest BCUT2D eigenvalue weighted by Crippen LogP contribution is 2.33. The summed E-state index contributed by atoms with van der Waals surface area (Å²) >= 11 is 0. The third-order valence-corrected chi connectivity index (χ3v) is 2.70. The molecule has 0 aliphatic heterocycles. The van der Waals surface area contributed by atoms with Crippen molar-refractivity contribution in [2.45, 2.75) is 0 Å². The van der Waals surface area contributed by atoms with E-state index in [4.69, 9.17) is 0 Å². The molecule has 0 saturated heterocycles. The number of nitrogens with one attached hydrogen (secondary N) is 1. The van der Waals surface area contributed by atoms with E-state index in [1.807, 2.05) is 0 Å². The van der Waals surface area contributed by atoms with Gasteiger partial charge in [-0.1, -0.05) is 18.2 Å². The molecule has 0 unspecified atom stereocenters. The number of rotatable bonds is 1. The Kier molecular flexibility index (Phi) is 2.08. The number of aromatic amines is 1. The fourth-order valence-electron chi connectivity index (χ4n) is 1.90. The van der Waals surface area contributed by atoms with Crippen LogP contribution in [0.15, 0.2) is 42.5 Å². The van der Waals surface area contributed by atoms with Gasteiger partial charge in [-0.05, 0) is 24.3 Å². The number of nitrogens with zero attached hydrogens (tertiary/aromatic N) is 1. The van der Waals surface area contributed by atoms with Gasteiger partial charge in [-0.3, -0.25) is 5.10 Å². The quantitative estimate of drug-likeness (QED) is 0.672. The Balaban J connectivity index is 2.36. The second kappa shape index (κ2) is 3.59. The Morgan fingerprint density at radius 3 is 2.71 bits per heavy atom. The number of benzene rings is 2. The molecule has 2 aromatic carbocycles. The van der Waals surface area contributed by atoms with Gasteiger partial charge in [0.15, 0.2) is 0 Å². The summed E-state index contributed by atoms with van der Waals surface area (Å²) in [6.07, 6.45) is 0. The van der Waals surface area contributed by atoms with E-state index in [-0.39, 0.29) is 11.6 Å². The van der Waals surface area contributed by atoms with E-state index < -0.39 is 0 Å². The molecular formula is C13H9FN2O. The van der Waals surface area contributed by atoms with Crippen molar-refractivity contribution in [2.75, 3.05) is 0 Å². The first-order valence-electron chi connectivity index (χ1n) is 5.18. The molecular weight excluding hydrogens is 219 g/mol. The van der Waals surface area contributed by atoms with Gasteiger partial charge in [0.25, 0.3) is 0 Å². The largest absolute Gasteiger partial charge is 0.507 e. The van der Waals surface area contributed by atoms with Crippen molar-refractivity contribution in [2.24, 2.45) is 0 Å². The van der Waals surface area contributed by atoms with Gasteiger partial charge in [0.2, 0.25) is 0 Å². The van der Waals surface area contributed by atoms with E-state index in [0.717, 1.165) is 0 Å². The molecule has 0 radical (unpaired) electrons. The SMILES string of the molecule is Oc1cccc2[nH]nc(-c3ccccc3F)c12. The van der Waals surface area contributed by atoms with E-state index in [1.165, 1.54) is 6.07 Å². The zero-order valence-electron chi connectivity index (χ0n) is 8.81. The van der Waals surface area contributed by atoms with Crippen molar-refractivity contribution in [3.05, 3.63) is 48.3 Å². The number of H-pyrrole nitrogens is 1. The average Bonchev–Trinajstić information content (AvgIpc) is 2.75. The van der Waals surface area contributed by atoms with Gasteiger partial charge in [0.05, 0.1) is 10.9 Å². The van der Waals surface area contributed by atoms with E-state index in [1.54, 1.807) is 36.4 Å². The van der Waals surface area contributed by atoms with E-state index in [2.05, 4.69) is 10.2 Å². The molecule has 0 atom stereocenters. The molecule has 0 saturated carbocycles. The highest BCUT2D eigenvalue weighted by molar-refractivity contribution is 5.97. The summed E-state index contributed by atoms with van der Waals surface area (Å²) in [5.41, 5.74) is 1.49. The number of fused-ring (bicyclic) bond motifs is 1. The van der Waals surface area contributed by atoms with Crippen molar-refractivity contribution in [1.82, 2.24) is 10.2 Å². The number of phenolic OH excluding ortho intramolecular Hbond substituents is 1. The first-order valence-corrected chi connectivity index (χ1v) is 5.18. The number of hydrogen-bond acceptors (Lipinski definition) is 2. The average molecular weight is 228 g/mol. The van der Waals surface area contributed by atoms with Crippen LogP contribution >= 0.6 is 0 Å². The predicted molar refractivity (Wildman–Crippen MR) is 63.2 cm³/mol. The van der Waals surface area contributed by atoms with Gasteiger partial charge in [0, 0.05) is 5.56 Å².